The van der Waals surface area contributed by atoms with E-state index in [0.717, 1.165) is 33.8 Å². The molecule has 4 rings (SSSR count). The van der Waals surface area contributed by atoms with Gasteiger partial charge in [0, 0.05) is 76.1 Å². The number of hydrogen-bond donors (Lipinski definition) is 0. The normalized spacial score (nSPS) is 17.7. The molecule has 2 aliphatic heterocycles. The molecule has 2 heterocycles. The summed E-state index contributed by atoms with van der Waals surface area (Å²) in [6, 6.07) is 12.0. The van der Waals surface area contributed by atoms with Crippen molar-refractivity contribution in [1.82, 2.24) is 9.80 Å². The molecule has 2 aliphatic rings. The minimum atomic E-state index is -3.76. The van der Waals surface area contributed by atoms with E-state index >= 15 is 0 Å². The maximum Gasteiger partial charge on any atom is 0.345 e. The molecule has 0 bridgehead atoms. The highest BCUT2D eigenvalue weighted by Gasteiger charge is 2.40. The van der Waals surface area contributed by atoms with Crippen molar-refractivity contribution in [1.29, 1.82) is 0 Å². The van der Waals surface area contributed by atoms with Crippen molar-refractivity contribution in [2.75, 3.05) is 25.7 Å². The first-order valence-corrected chi connectivity index (χ1v) is 23.1. The van der Waals surface area contributed by atoms with Crippen LogP contribution in [0.3, 0.4) is 0 Å². The molecule has 0 unspecified atom stereocenters. The van der Waals surface area contributed by atoms with Crippen molar-refractivity contribution < 1.29 is 46.2 Å². The van der Waals surface area contributed by atoms with Crippen LogP contribution in [0.15, 0.2) is 36.4 Å². The number of hydrogen-bond acceptors (Lipinski definition) is 12. The van der Waals surface area contributed by atoms with Gasteiger partial charge in [-0.1, -0.05) is 36.4 Å². The molecule has 2 aromatic carbocycles. The van der Waals surface area contributed by atoms with Gasteiger partial charge in [0.05, 0.1) is 35.6 Å². The minimum absolute atomic E-state index is 0.0110. The van der Waals surface area contributed by atoms with Gasteiger partial charge in [0.2, 0.25) is 11.6 Å². The van der Waals surface area contributed by atoms with Crippen LogP contribution in [0, 0.1) is 0 Å². The third-order valence-electron chi connectivity index (χ3n) is 8.12. The number of fused-ring (bicyclic) bond motifs is 2. The SMILES string of the molecule is CC(C)(C)OP(=O)(CN(CCN(Cc1cccc2c1OC(C)(C)OC2)CP(=O)(OC(C)(C)C)OC(C)(C)C)Cc1cccc2c1OC(C)(C)OC2)OC(C)(C)C. The molecule has 0 atom stereocenters. The Bertz CT molecular complexity index is 1580. The summed E-state index contributed by atoms with van der Waals surface area (Å²) in [4.78, 5) is 4.14. The van der Waals surface area contributed by atoms with Gasteiger partial charge in [-0.3, -0.25) is 18.9 Å². The second-order valence-electron chi connectivity index (χ2n) is 19.8. The Morgan fingerprint density at radius 3 is 1.14 bits per heavy atom. The summed E-state index contributed by atoms with van der Waals surface area (Å²) >= 11 is 0. The van der Waals surface area contributed by atoms with Crippen LogP contribution in [-0.2, 0) is 63.0 Å². The Balaban J connectivity index is 1.79. The number of benzene rings is 2. The van der Waals surface area contributed by atoms with Gasteiger partial charge in [-0.05, 0) is 83.1 Å². The van der Waals surface area contributed by atoms with Crippen molar-refractivity contribution in [3.8, 4) is 11.5 Å². The zero-order valence-corrected chi connectivity index (χ0v) is 38.8. The molecule has 14 heteroatoms. The van der Waals surface area contributed by atoms with Gasteiger partial charge in [0.15, 0.2) is 0 Å². The molecule has 56 heavy (non-hydrogen) atoms. The highest BCUT2D eigenvalue weighted by molar-refractivity contribution is 7.54. The molecule has 0 aliphatic carbocycles. The van der Waals surface area contributed by atoms with Gasteiger partial charge in [-0.15, -0.1) is 0 Å². The molecule has 0 aromatic heterocycles. The summed E-state index contributed by atoms with van der Waals surface area (Å²) in [5.74, 6) is -0.146. The lowest BCUT2D eigenvalue weighted by Crippen LogP contribution is -2.40. The minimum Gasteiger partial charge on any atom is -0.462 e. The van der Waals surface area contributed by atoms with Crippen LogP contribution < -0.4 is 9.47 Å². The molecular formula is C42H70N2O10P2. The van der Waals surface area contributed by atoms with Crippen LogP contribution in [0.25, 0.3) is 0 Å². The smallest absolute Gasteiger partial charge is 0.345 e. The van der Waals surface area contributed by atoms with E-state index in [1.54, 1.807) is 0 Å². The molecule has 0 amide bonds. The van der Waals surface area contributed by atoms with E-state index in [4.69, 9.17) is 37.0 Å². The Hall–Kier alpha value is -1.82. The van der Waals surface area contributed by atoms with E-state index in [1.165, 1.54) is 0 Å². The summed E-state index contributed by atoms with van der Waals surface area (Å²) in [7, 11) is -7.52. The molecule has 12 nitrogen and oxygen atoms in total. The van der Waals surface area contributed by atoms with E-state index in [1.807, 2.05) is 147 Å². The molecule has 0 saturated heterocycles. The van der Waals surface area contributed by atoms with Gasteiger partial charge < -0.3 is 37.0 Å². The van der Waals surface area contributed by atoms with Crippen molar-refractivity contribution in [3.05, 3.63) is 58.7 Å². The lowest BCUT2D eigenvalue weighted by Gasteiger charge is -2.38. The maximum atomic E-state index is 14.9. The fourth-order valence-electron chi connectivity index (χ4n) is 6.54. The molecule has 0 radical (unpaired) electrons. The Morgan fingerprint density at radius 1 is 0.554 bits per heavy atom. The second-order valence-corrected chi connectivity index (χ2v) is 23.6. The molecule has 0 fully saturated rings. The predicted octanol–water partition coefficient (Wildman–Crippen LogP) is 10.8. The van der Waals surface area contributed by atoms with E-state index in [9.17, 15) is 9.13 Å². The highest BCUT2D eigenvalue weighted by atomic mass is 31.2. The summed E-state index contributed by atoms with van der Waals surface area (Å²) in [6.07, 6.45) is -0.0219. The molecule has 0 spiro atoms. The molecular weight excluding hydrogens is 754 g/mol. The predicted molar refractivity (Wildman–Crippen MR) is 221 cm³/mol. The first-order chi connectivity index (χ1) is 25.3. The number of nitrogens with zero attached hydrogens (tertiary/aromatic N) is 2. The topological polar surface area (TPSA) is 114 Å². The Kier molecular flexibility index (Phi) is 14.3. The first-order valence-electron chi connectivity index (χ1n) is 19.6. The molecule has 0 N–H and O–H groups in total. The Labute approximate surface area is 337 Å². The van der Waals surface area contributed by atoms with E-state index in [0.29, 0.717) is 39.4 Å². The standard InChI is InChI=1S/C42H70N2O10P2/c1-37(2,3)51-55(45,52-38(4,5)6)29-43(25-31-19-17-21-33-27-47-41(13,14)49-35(31)33)23-24-44(30-56(46,53-39(7,8)9)54-40(10,11)12)26-32-20-18-22-34-28-48-42(15,16)50-36(32)34/h17-22H,23-30H2,1-16H3. The van der Waals surface area contributed by atoms with Crippen LogP contribution in [-0.4, -0.2) is 69.4 Å². The van der Waals surface area contributed by atoms with E-state index in [2.05, 4.69) is 9.80 Å². The van der Waals surface area contributed by atoms with Crippen molar-refractivity contribution >= 4 is 15.2 Å². The monoisotopic (exact) mass is 824 g/mol. The molecule has 0 saturated carbocycles. The first kappa shape index (κ1) is 46.9. The van der Waals surface area contributed by atoms with Gasteiger partial charge >= 0.3 is 15.2 Å². The average molecular weight is 825 g/mol. The van der Waals surface area contributed by atoms with E-state index < -0.39 is 49.2 Å². The summed E-state index contributed by atoms with van der Waals surface area (Å²) in [6.45, 7) is 32.3. The number of para-hydroxylation sites is 2. The summed E-state index contributed by atoms with van der Waals surface area (Å²) in [5, 5.41) is 0. The van der Waals surface area contributed by atoms with Crippen LogP contribution >= 0.6 is 15.2 Å². The third-order valence-corrected chi connectivity index (χ3v) is 12.9. The van der Waals surface area contributed by atoms with Crippen LogP contribution in [0.2, 0.25) is 0 Å². The number of rotatable bonds is 15. The Morgan fingerprint density at radius 2 is 0.857 bits per heavy atom. The lowest BCUT2D eigenvalue weighted by atomic mass is 10.1. The molecule has 318 valence electrons. The van der Waals surface area contributed by atoms with E-state index in [-0.39, 0.29) is 12.6 Å². The zero-order valence-electron chi connectivity index (χ0n) is 37.0. The van der Waals surface area contributed by atoms with Crippen LogP contribution in [0.1, 0.15) is 133 Å². The van der Waals surface area contributed by atoms with Crippen molar-refractivity contribution in [2.45, 2.75) is 171 Å². The van der Waals surface area contributed by atoms with Gasteiger partial charge in [-0.25, -0.2) is 0 Å². The fraction of sp³-hybridized carbons (Fsp3) is 0.714. The van der Waals surface area contributed by atoms with Gasteiger partial charge in [-0.2, -0.15) is 0 Å². The number of ether oxygens (including phenoxy) is 4. The largest absolute Gasteiger partial charge is 0.462 e. The van der Waals surface area contributed by atoms with Crippen molar-refractivity contribution in [2.24, 2.45) is 0 Å². The quantitative estimate of drug-likeness (QED) is 0.159. The summed E-state index contributed by atoms with van der Waals surface area (Å²) < 4.78 is 79.6. The highest BCUT2D eigenvalue weighted by Crippen LogP contribution is 2.56. The zero-order chi connectivity index (χ0) is 42.2. The molecule has 2 aromatic rings. The summed E-state index contributed by atoms with van der Waals surface area (Å²) in [5.41, 5.74) is 0.690. The lowest BCUT2D eigenvalue weighted by molar-refractivity contribution is -0.181. The van der Waals surface area contributed by atoms with Crippen LogP contribution in [0.5, 0.6) is 11.5 Å². The van der Waals surface area contributed by atoms with Crippen LogP contribution in [0.4, 0.5) is 0 Å². The second kappa shape index (κ2) is 17.0. The third kappa shape index (κ3) is 15.1. The van der Waals surface area contributed by atoms with Gasteiger partial charge in [0.25, 0.3) is 0 Å². The van der Waals surface area contributed by atoms with Gasteiger partial charge in [0.1, 0.15) is 24.1 Å². The average Bonchev–Trinajstić information content (AvgIpc) is 2.95. The maximum absolute atomic E-state index is 14.9. The fourth-order valence-corrected chi connectivity index (χ4v) is 11.7. The van der Waals surface area contributed by atoms with Crippen molar-refractivity contribution in [3.63, 3.8) is 0 Å².